The minimum atomic E-state index is -4.56. The summed E-state index contributed by atoms with van der Waals surface area (Å²) in [7, 11) is 1.36. The Kier molecular flexibility index (Phi) is 4.44. The molecule has 0 aliphatic carbocycles. The molecular formula is C15H12ClF3O2. The third kappa shape index (κ3) is 3.14. The summed E-state index contributed by atoms with van der Waals surface area (Å²) in [6.07, 6.45) is -6.10. The SMILES string of the molecule is COc1cccc(Cl)c1C(O)c1ccccc1C(F)(F)F. The third-order valence-corrected chi connectivity index (χ3v) is 3.40. The van der Waals surface area contributed by atoms with Crippen LogP contribution in [0.25, 0.3) is 0 Å². The summed E-state index contributed by atoms with van der Waals surface area (Å²) in [6.45, 7) is 0. The standard InChI is InChI=1S/C15H12ClF3O2/c1-21-12-8-4-7-11(16)13(12)14(20)9-5-2-3-6-10(9)15(17,18)19/h2-8,14,20H,1H3. The molecule has 0 aliphatic rings. The van der Waals surface area contributed by atoms with Crippen molar-refractivity contribution in [3.8, 4) is 5.75 Å². The van der Waals surface area contributed by atoms with E-state index in [1.54, 1.807) is 6.07 Å². The molecule has 2 aromatic rings. The van der Waals surface area contributed by atoms with Gasteiger partial charge in [-0.15, -0.1) is 0 Å². The van der Waals surface area contributed by atoms with E-state index >= 15 is 0 Å². The Labute approximate surface area is 124 Å². The van der Waals surface area contributed by atoms with Crippen molar-refractivity contribution in [1.82, 2.24) is 0 Å². The smallest absolute Gasteiger partial charge is 0.416 e. The molecule has 0 aromatic heterocycles. The number of halogens is 4. The Balaban J connectivity index is 2.59. The van der Waals surface area contributed by atoms with Crippen LogP contribution in [-0.4, -0.2) is 12.2 Å². The van der Waals surface area contributed by atoms with Gasteiger partial charge in [-0.25, -0.2) is 0 Å². The molecule has 0 fully saturated rings. The van der Waals surface area contributed by atoms with Gasteiger partial charge in [-0.3, -0.25) is 0 Å². The molecule has 0 saturated carbocycles. The van der Waals surface area contributed by atoms with E-state index in [0.29, 0.717) is 0 Å². The van der Waals surface area contributed by atoms with Gasteiger partial charge in [0.1, 0.15) is 11.9 Å². The van der Waals surface area contributed by atoms with E-state index in [9.17, 15) is 18.3 Å². The van der Waals surface area contributed by atoms with E-state index in [-0.39, 0.29) is 21.9 Å². The largest absolute Gasteiger partial charge is 0.496 e. The normalized spacial score (nSPS) is 13.0. The van der Waals surface area contributed by atoms with Gasteiger partial charge in [0.2, 0.25) is 0 Å². The Bertz CT molecular complexity index is 641. The summed E-state index contributed by atoms with van der Waals surface area (Å²) in [5.41, 5.74) is -1.06. The maximum Gasteiger partial charge on any atom is 0.416 e. The van der Waals surface area contributed by atoms with Gasteiger partial charge in [-0.05, 0) is 23.8 Å². The Hall–Kier alpha value is -1.72. The van der Waals surface area contributed by atoms with E-state index in [1.807, 2.05) is 0 Å². The highest BCUT2D eigenvalue weighted by Crippen LogP contribution is 2.40. The van der Waals surface area contributed by atoms with Crippen LogP contribution < -0.4 is 4.74 Å². The number of aliphatic hydroxyl groups excluding tert-OH is 1. The molecule has 2 aromatic carbocycles. The molecule has 1 N–H and O–H groups in total. The number of alkyl halides is 3. The summed E-state index contributed by atoms with van der Waals surface area (Å²) in [6, 6.07) is 9.44. The lowest BCUT2D eigenvalue weighted by atomic mass is 9.96. The molecule has 0 radical (unpaired) electrons. The maximum atomic E-state index is 13.0. The highest BCUT2D eigenvalue weighted by atomic mass is 35.5. The number of rotatable bonds is 3. The van der Waals surface area contributed by atoms with E-state index in [1.165, 1.54) is 37.4 Å². The van der Waals surface area contributed by atoms with Crippen LogP contribution in [0.3, 0.4) is 0 Å². The Morgan fingerprint density at radius 3 is 2.38 bits per heavy atom. The predicted molar refractivity (Wildman–Crippen MR) is 73.5 cm³/mol. The summed E-state index contributed by atoms with van der Waals surface area (Å²) < 4.78 is 44.2. The lowest BCUT2D eigenvalue weighted by molar-refractivity contribution is -0.139. The van der Waals surface area contributed by atoms with Crippen molar-refractivity contribution in [1.29, 1.82) is 0 Å². The highest BCUT2D eigenvalue weighted by molar-refractivity contribution is 6.31. The minimum Gasteiger partial charge on any atom is -0.496 e. The van der Waals surface area contributed by atoms with Crippen molar-refractivity contribution in [2.45, 2.75) is 12.3 Å². The zero-order valence-corrected chi connectivity index (χ0v) is 11.7. The van der Waals surface area contributed by atoms with E-state index in [0.717, 1.165) is 6.07 Å². The molecule has 0 heterocycles. The fraction of sp³-hybridized carbons (Fsp3) is 0.200. The highest BCUT2D eigenvalue weighted by Gasteiger charge is 2.35. The van der Waals surface area contributed by atoms with Crippen LogP contribution in [-0.2, 0) is 6.18 Å². The predicted octanol–water partition coefficient (Wildman–Crippen LogP) is 4.45. The van der Waals surface area contributed by atoms with Gasteiger partial charge in [0.05, 0.1) is 17.7 Å². The second-order valence-corrected chi connectivity index (χ2v) is 4.75. The lowest BCUT2D eigenvalue weighted by Gasteiger charge is -2.20. The molecule has 2 nitrogen and oxygen atoms in total. The van der Waals surface area contributed by atoms with Crippen molar-refractivity contribution in [3.05, 3.63) is 64.2 Å². The van der Waals surface area contributed by atoms with Crippen molar-refractivity contribution in [2.24, 2.45) is 0 Å². The van der Waals surface area contributed by atoms with Crippen LogP contribution in [0.5, 0.6) is 5.75 Å². The zero-order chi connectivity index (χ0) is 15.6. The summed E-state index contributed by atoms with van der Waals surface area (Å²) in [5, 5.41) is 10.5. The molecule has 0 amide bonds. The zero-order valence-electron chi connectivity index (χ0n) is 11.0. The first kappa shape index (κ1) is 15.7. The van der Waals surface area contributed by atoms with Gasteiger partial charge < -0.3 is 9.84 Å². The van der Waals surface area contributed by atoms with Crippen molar-refractivity contribution < 1.29 is 23.0 Å². The summed E-state index contributed by atoms with van der Waals surface area (Å²) in [5.74, 6) is 0.229. The van der Waals surface area contributed by atoms with Gasteiger partial charge in [0.25, 0.3) is 0 Å². The molecule has 6 heteroatoms. The first-order chi connectivity index (χ1) is 9.86. The van der Waals surface area contributed by atoms with Crippen LogP contribution in [0.1, 0.15) is 22.8 Å². The van der Waals surface area contributed by atoms with Gasteiger partial charge in [0.15, 0.2) is 0 Å². The van der Waals surface area contributed by atoms with Gasteiger partial charge in [-0.1, -0.05) is 35.9 Å². The molecule has 1 atom stereocenters. The number of hydrogen-bond acceptors (Lipinski definition) is 2. The van der Waals surface area contributed by atoms with Crippen LogP contribution in [0, 0.1) is 0 Å². The number of methoxy groups -OCH3 is 1. The van der Waals surface area contributed by atoms with E-state index < -0.39 is 17.8 Å². The van der Waals surface area contributed by atoms with E-state index in [4.69, 9.17) is 16.3 Å². The van der Waals surface area contributed by atoms with E-state index in [2.05, 4.69) is 0 Å². The van der Waals surface area contributed by atoms with Gasteiger partial charge in [-0.2, -0.15) is 13.2 Å². The van der Waals surface area contributed by atoms with Crippen LogP contribution >= 0.6 is 11.6 Å². The molecule has 1 unspecified atom stereocenters. The van der Waals surface area contributed by atoms with Gasteiger partial charge in [0, 0.05) is 5.56 Å². The second-order valence-electron chi connectivity index (χ2n) is 4.34. The van der Waals surface area contributed by atoms with Crippen molar-refractivity contribution in [3.63, 3.8) is 0 Å². The number of aliphatic hydroxyl groups is 1. The average Bonchev–Trinajstić information content (AvgIpc) is 2.45. The fourth-order valence-electron chi connectivity index (χ4n) is 2.11. The first-order valence-corrected chi connectivity index (χ1v) is 6.40. The Morgan fingerprint density at radius 2 is 1.76 bits per heavy atom. The Morgan fingerprint density at radius 1 is 1.10 bits per heavy atom. The lowest BCUT2D eigenvalue weighted by Crippen LogP contribution is -2.13. The van der Waals surface area contributed by atoms with Crippen molar-refractivity contribution >= 4 is 11.6 Å². The molecule has 0 saturated heterocycles. The fourth-order valence-corrected chi connectivity index (χ4v) is 2.38. The van der Waals surface area contributed by atoms with Crippen LogP contribution in [0.4, 0.5) is 13.2 Å². The summed E-state index contributed by atoms with van der Waals surface area (Å²) in [4.78, 5) is 0. The quantitative estimate of drug-likeness (QED) is 0.906. The third-order valence-electron chi connectivity index (χ3n) is 3.07. The summed E-state index contributed by atoms with van der Waals surface area (Å²) >= 11 is 6.00. The molecule has 2 rings (SSSR count). The number of hydrogen-bond donors (Lipinski definition) is 1. The monoisotopic (exact) mass is 316 g/mol. The van der Waals surface area contributed by atoms with Crippen LogP contribution in [0.2, 0.25) is 5.02 Å². The van der Waals surface area contributed by atoms with Crippen molar-refractivity contribution in [2.75, 3.05) is 7.11 Å². The molecule has 0 aliphatic heterocycles. The molecule has 112 valence electrons. The topological polar surface area (TPSA) is 29.5 Å². The molecule has 0 spiro atoms. The number of ether oxygens (including phenoxy) is 1. The second kappa shape index (κ2) is 5.95. The minimum absolute atomic E-state index is 0.110. The molecular weight excluding hydrogens is 305 g/mol. The molecule has 0 bridgehead atoms. The first-order valence-electron chi connectivity index (χ1n) is 6.03. The molecule has 21 heavy (non-hydrogen) atoms. The maximum absolute atomic E-state index is 13.0. The van der Waals surface area contributed by atoms with Gasteiger partial charge >= 0.3 is 6.18 Å². The number of benzene rings is 2. The van der Waals surface area contributed by atoms with Crippen LogP contribution in [0.15, 0.2) is 42.5 Å². The average molecular weight is 317 g/mol.